The van der Waals surface area contributed by atoms with Gasteiger partial charge in [0.15, 0.2) is 0 Å². The van der Waals surface area contributed by atoms with Gasteiger partial charge in [-0.05, 0) is 158 Å². The minimum atomic E-state index is 0. The molecule has 0 radical (unpaired) electrons. The van der Waals surface area contributed by atoms with Crippen LogP contribution in [0, 0.1) is 0 Å². The molecule has 69 heavy (non-hydrogen) atoms. The van der Waals surface area contributed by atoms with Crippen LogP contribution in [0.5, 0.6) is 0 Å². The predicted molar refractivity (Wildman–Crippen MR) is 300 cm³/mol. The standard InChI is InChI=1S/C33H46Br2N2O2.C13H8Br2.C10H20BrNO.K.H2O/c34-27-9-11-29-30-12-10-28(35)26-32(30)33(31(29)25-27,13-5-1-3-7-15-36-17-21-38-22-18-36)14-6-2-4-8-16-37-19-23-39-24-20-37;14-10-1-3-12-8(6-10)5-9-7-11(15)2-4-13(9)12;11-5-3-1-2-4-6-12-7-9-13-10-8-12;;/h9-12,25-26H,1-8,13-24H2;1-4,6-7H,5H2;1-10H2;;1H2/q;;;+1;/p-1. The molecule has 0 amide bonds. The SMILES string of the molecule is BrCCCCCCN1CCOCC1.Brc1ccc2c(c1)C(CCCCCCN1CCOCC1)(CCCCCCN1CCOCC1)c1cc(Br)ccc1-2.Brc1ccc2c(c1)Cc1cc(Br)ccc1-2.[K+].[OH-]. The zero-order valence-corrected chi connectivity index (χ0v) is 52.3. The Morgan fingerprint density at radius 1 is 0.406 bits per heavy atom. The number of alkyl halides is 1. The molecule has 7 nitrogen and oxygen atoms in total. The van der Waals surface area contributed by atoms with Crippen LogP contribution in [0.15, 0.2) is 90.7 Å². The van der Waals surface area contributed by atoms with E-state index in [1.165, 1.54) is 152 Å². The maximum Gasteiger partial charge on any atom is 1.00 e. The van der Waals surface area contributed by atoms with Gasteiger partial charge in [0.05, 0.1) is 39.6 Å². The molecule has 0 spiro atoms. The monoisotopic (exact) mass is 1290 g/mol. The molecule has 3 aliphatic heterocycles. The summed E-state index contributed by atoms with van der Waals surface area (Å²) in [4.78, 5) is 7.66. The zero-order chi connectivity index (χ0) is 46.7. The normalized spacial score (nSPS) is 17.2. The van der Waals surface area contributed by atoms with Crippen molar-refractivity contribution in [2.75, 3.05) is 104 Å². The molecule has 3 saturated heterocycles. The second kappa shape index (κ2) is 32.9. The Kier molecular flexibility index (Phi) is 28.9. The van der Waals surface area contributed by atoms with Crippen molar-refractivity contribution in [1.82, 2.24) is 14.7 Å². The number of fused-ring (bicyclic) bond motifs is 6. The average Bonchev–Trinajstić information content (AvgIpc) is 3.83. The minimum absolute atomic E-state index is 0. The summed E-state index contributed by atoms with van der Waals surface area (Å²) in [6.45, 7) is 15.9. The molecule has 5 aliphatic rings. The Balaban J connectivity index is 0.000000241. The number of benzene rings is 4. The molecule has 4 aromatic rings. The van der Waals surface area contributed by atoms with Crippen LogP contribution < -0.4 is 51.4 Å². The second-order valence-electron chi connectivity index (χ2n) is 19.0. The van der Waals surface area contributed by atoms with Crippen molar-refractivity contribution in [2.24, 2.45) is 0 Å². The van der Waals surface area contributed by atoms with Crippen molar-refractivity contribution in [1.29, 1.82) is 0 Å². The van der Waals surface area contributed by atoms with Crippen LogP contribution in [0.2, 0.25) is 0 Å². The summed E-state index contributed by atoms with van der Waals surface area (Å²) >= 11 is 18.1. The van der Waals surface area contributed by atoms with Gasteiger partial charge in [0.1, 0.15) is 0 Å². The fourth-order valence-electron chi connectivity index (χ4n) is 10.7. The Morgan fingerprint density at radius 2 is 0.725 bits per heavy atom. The first-order valence-electron chi connectivity index (χ1n) is 25.5. The smallest absolute Gasteiger partial charge is 0.870 e. The summed E-state index contributed by atoms with van der Waals surface area (Å²) in [7, 11) is 0. The van der Waals surface area contributed by atoms with Crippen LogP contribution >= 0.6 is 79.6 Å². The fraction of sp³-hybridized carbons (Fsp3) is 0.571. The first-order valence-corrected chi connectivity index (χ1v) is 29.8. The molecule has 0 unspecified atom stereocenters. The Labute approximate surface area is 500 Å². The van der Waals surface area contributed by atoms with E-state index >= 15 is 0 Å². The second-order valence-corrected chi connectivity index (χ2v) is 23.5. The molecule has 2 aliphatic carbocycles. The number of rotatable bonds is 20. The molecule has 0 bridgehead atoms. The van der Waals surface area contributed by atoms with Crippen molar-refractivity contribution in [3.05, 3.63) is 113 Å². The van der Waals surface area contributed by atoms with E-state index < -0.39 is 0 Å². The summed E-state index contributed by atoms with van der Waals surface area (Å²) in [5, 5.41) is 1.16. The van der Waals surface area contributed by atoms with Crippen molar-refractivity contribution >= 4 is 79.6 Å². The molecular formula is C56H75Br5KN3O4. The number of unbranched alkanes of at least 4 members (excludes halogenated alkanes) is 9. The summed E-state index contributed by atoms with van der Waals surface area (Å²) in [5.74, 6) is 0. The summed E-state index contributed by atoms with van der Waals surface area (Å²) in [5.41, 5.74) is 11.7. The molecule has 0 atom stereocenters. The minimum Gasteiger partial charge on any atom is -0.870 e. The van der Waals surface area contributed by atoms with Gasteiger partial charge >= 0.3 is 51.4 Å². The summed E-state index contributed by atoms with van der Waals surface area (Å²) in [6.07, 6.45) is 19.4. The van der Waals surface area contributed by atoms with Crippen LogP contribution in [0.1, 0.15) is 112 Å². The zero-order valence-electron chi connectivity index (χ0n) is 41.3. The van der Waals surface area contributed by atoms with E-state index in [4.69, 9.17) is 14.2 Å². The third kappa shape index (κ3) is 18.7. The van der Waals surface area contributed by atoms with Crippen molar-refractivity contribution in [2.45, 2.75) is 102 Å². The molecule has 13 heteroatoms. The van der Waals surface area contributed by atoms with E-state index in [2.05, 4.69) is 167 Å². The number of halogens is 5. The Morgan fingerprint density at radius 3 is 1.09 bits per heavy atom. The van der Waals surface area contributed by atoms with Crippen LogP contribution in [-0.4, -0.2) is 124 Å². The third-order valence-corrected chi connectivity index (χ3v) is 16.9. The van der Waals surface area contributed by atoms with E-state index in [0.29, 0.717) is 0 Å². The molecule has 3 heterocycles. The van der Waals surface area contributed by atoms with E-state index in [1.807, 2.05) is 0 Å². The van der Waals surface area contributed by atoms with Gasteiger partial charge in [-0.2, -0.15) is 0 Å². The van der Waals surface area contributed by atoms with Gasteiger partial charge < -0.3 is 19.7 Å². The quantitative estimate of drug-likeness (QED) is 0.0437. The number of nitrogens with zero attached hydrogens (tertiary/aromatic N) is 3. The number of ether oxygens (including phenoxy) is 3. The van der Waals surface area contributed by atoms with Gasteiger partial charge in [0.25, 0.3) is 0 Å². The molecule has 4 aromatic carbocycles. The Hall–Kier alpha value is 0.636. The van der Waals surface area contributed by atoms with Gasteiger partial charge in [0.2, 0.25) is 0 Å². The molecule has 0 aromatic heterocycles. The van der Waals surface area contributed by atoms with Crippen LogP contribution in [0.25, 0.3) is 22.3 Å². The van der Waals surface area contributed by atoms with Crippen LogP contribution in [0.4, 0.5) is 0 Å². The Bertz CT molecular complexity index is 1980. The first-order chi connectivity index (χ1) is 32.8. The van der Waals surface area contributed by atoms with E-state index in [9.17, 15) is 0 Å². The van der Waals surface area contributed by atoms with Gasteiger partial charge in [-0.1, -0.05) is 155 Å². The predicted octanol–water partition coefficient (Wildman–Crippen LogP) is 11.9. The maximum atomic E-state index is 5.51. The van der Waals surface area contributed by atoms with E-state index in [-0.39, 0.29) is 62.3 Å². The van der Waals surface area contributed by atoms with Gasteiger partial charge in [-0.15, -0.1) is 0 Å². The van der Waals surface area contributed by atoms with E-state index in [0.717, 1.165) is 99.6 Å². The topological polar surface area (TPSA) is 67.4 Å². The van der Waals surface area contributed by atoms with Crippen LogP contribution in [-0.2, 0) is 26.0 Å². The molecule has 9 rings (SSSR count). The molecule has 3 fully saturated rings. The number of hydrogen-bond acceptors (Lipinski definition) is 7. The van der Waals surface area contributed by atoms with Crippen molar-refractivity contribution < 1.29 is 71.1 Å². The van der Waals surface area contributed by atoms with E-state index in [1.54, 1.807) is 11.1 Å². The summed E-state index contributed by atoms with van der Waals surface area (Å²) in [6, 6.07) is 27.0. The molecule has 1 N–H and O–H groups in total. The largest absolute Gasteiger partial charge is 1.00 e. The van der Waals surface area contributed by atoms with Gasteiger partial charge in [-0.25, -0.2) is 0 Å². The number of morpholine rings is 3. The maximum absolute atomic E-state index is 5.51. The summed E-state index contributed by atoms with van der Waals surface area (Å²) < 4.78 is 21.0. The first kappa shape index (κ1) is 60.5. The average molecular weight is 1290 g/mol. The fourth-order valence-corrected chi connectivity index (χ4v) is 12.7. The van der Waals surface area contributed by atoms with Crippen molar-refractivity contribution in [3.63, 3.8) is 0 Å². The van der Waals surface area contributed by atoms with Crippen LogP contribution in [0.3, 0.4) is 0 Å². The van der Waals surface area contributed by atoms with Crippen molar-refractivity contribution in [3.8, 4) is 22.3 Å². The molecule has 0 saturated carbocycles. The molecular weight excluding hydrogens is 1220 g/mol. The third-order valence-electron chi connectivity index (χ3n) is 14.4. The van der Waals surface area contributed by atoms with Gasteiger partial charge in [-0.3, -0.25) is 14.7 Å². The molecule has 374 valence electrons. The number of hydrogen-bond donors (Lipinski definition) is 0. The van der Waals surface area contributed by atoms with Gasteiger partial charge in [0, 0.05) is 67.9 Å².